The zero-order valence-electron chi connectivity index (χ0n) is 27.7. The highest BCUT2D eigenvalue weighted by molar-refractivity contribution is 7.77. The number of unbranched alkanes of at least 4 members (excludes halogenated alkanes) is 15. The average Bonchev–Trinajstić information content (AvgIpc) is 3.03. The summed E-state index contributed by atoms with van der Waals surface area (Å²) in [7, 11) is -1.49. The van der Waals surface area contributed by atoms with Crippen LogP contribution in [-0.2, 0) is 0 Å². The van der Waals surface area contributed by atoms with E-state index in [4.69, 9.17) is 0 Å². The van der Waals surface area contributed by atoms with Crippen molar-refractivity contribution in [3.8, 4) is 0 Å². The molecule has 232 valence electrons. The molecule has 0 saturated carbocycles. The molecule has 0 heterocycles. The number of nitrogens with zero attached hydrogens (tertiary/aromatic N) is 1. The SMILES string of the molecule is CCCCCCCC[P+](CCCCCCCC)(CCCCCCCC)N(c1ccccc1)c1cccc2ccccc12. The molecule has 0 aromatic heterocycles. The number of fused-ring (bicyclic) bond motifs is 1. The lowest BCUT2D eigenvalue weighted by Gasteiger charge is -2.40. The van der Waals surface area contributed by atoms with E-state index in [0.717, 1.165) is 0 Å². The Bertz CT molecular complexity index is 1030. The summed E-state index contributed by atoms with van der Waals surface area (Å²) in [6, 6.07) is 27.7. The second-order valence-electron chi connectivity index (χ2n) is 12.7. The number of benzene rings is 3. The quantitative estimate of drug-likeness (QED) is 0.0743. The molecule has 0 N–H and O–H groups in total. The van der Waals surface area contributed by atoms with Crippen LogP contribution < -0.4 is 4.67 Å². The summed E-state index contributed by atoms with van der Waals surface area (Å²) in [5, 5.41) is 2.79. The van der Waals surface area contributed by atoms with Gasteiger partial charge in [0.05, 0.1) is 29.9 Å². The average molecular weight is 589 g/mol. The molecule has 42 heavy (non-hydrogen) atoms. The Labute approximate surface area is 261 Å². The summed E-state index contributed by atoms with van der Waals surface area (Å²) in [5.41, 5.74) is 2.88. The highest BCUT2D eigenvalue weighted by atomic mass is 31.2. The maximum atomic E-state index is 2.96. The van der Waals surface area contributed by atoms with E-state index in [0.29, 0.717) is 0 Å². The summed E-state index contributed by atoms with van der Waals surface area (Å²) in [6.07, 6.45) is 29.1. The largest absolute Gasteiger partial charge is 0.218 e. The van der Waals surface area contributed by atoms with E-state index in [9.17, 15) is 0 Å². The number of hydrogen-bond donors (Lipinski definition) is 0. The maximum Gasteiger partial charge on any atom is 0.111 e. The second kappa shape index (κ2) is 21.0. The number of para-hydroxylation sites is 1. The van der Waals surface area contributed by atoms with Crippen molar-refractivity contribution in [2.75, 3.05) is 23.2 Å². The van der Waals surface area contributed by atoms with Crippen LogP contribution in [0.2, 0.25) is 0 Å². The van der Waals surface area contributed by atoms with Gasteiger partial charge >= 0.3 is 0 Å². The molecule has 0 spiro atoms. The molecule has 0 saturated heterocycles. The first-order valence-corrected chi connectivity index (χ1v) is 20.2. The van der Waals surface area contributed by atoms with E-state index in [1.807, 2.05) is 0 Å². The van der Waals surface area contributed by atoms with Gasteiger partial charge in [-0.2, -0.15) is 0 Å². The van der Waals surface area contributed by atoms with Crippen molar-refractivity contribution in [2.45, 2.75) is 136 Å². The van der Waals surface area contributed by atoms with Crippen LogP contribution in [0.25, 0.3) is 10.8 Å². The number of rotatable bonds is 24. The van der Waals surface area contributed by atoms with Crippen LogP contribution in [-0.4, -0.2) is 18.5 Å². The van der Waals surface area contributed by atoms with Crippen LogP contribution in [0.3, 0.4) is 0 Å². The van der Waals surface area contributed by atoms with Gasteiger partial charge < -0.3 is 0 Å². The molecule has 1 nitrogen and oxygen atoms in total. The molecule has 0 aliphatic heterocycles. The first-order chi connectivity index (χ1) is 20.8. The van der Waals surface area contributed by atoms with Crippen molar-refractivity contribution in [3.63, 3.8) is 0 Å². The van der Waals surface area contributed by atoms with Crippen molar-refractivity contribution in [2.24, 2.45) is 0 Å². The van der Waals surface area contributed by atoms with Gasteiger partial charge in [0.15, 0.2) is 0 Å². The third-order valence-corrected chi connectivity index (χ3v) is 13.9. The minimum absolute atomic E-state index is 1.33. The molecule has 0 radical (unpaired) electrons. The van der Waals surface area contributed by atoms with Crippen LogP contribution in [0, 0.1) is 0 Å². The molecule has 0 atom stereocenters. The third-order valence-electron chi connectivity index (χ3n) is 9.20. The topological polar surface area (TPSA) is 3.24 Å². The van der Waals surface area contributed by atoms with Crippen LogP contribution in [0.5, 0.6) is 0 Å². The molecule has 2 heteroatoms. The lowest BCUT2D eigenvalue weighted by molar-refractivity contribution is 0.615. The first kappa shape index (κ1) is 34.6. The van der Waals surface area contributed by atoms with Gasteiger partial charge in [-0.1, -0.05) is 152 Å². The minimum atomic E-state index is -1.49. The normalized spacial score (nSPS) is 11.8. The van der Waals surface area contributed by atoms with Gasteiger partial charge in [-0.15, -0.1) is 0 Å². The lowest BCUT2D eigenvalue weighted by Crippen LogP contribution is -2.27. The predicted octanol–water partition coefficient (Wildman–Crippen LogP) is 14.0. The highest BCUT2D eigenvalue weighted by Gasteiger charge is 2.44. The minimum Gasteiger partial charge on any atom is -0.218 e. The van der Waals surface area contributed by atoms with Crippen molar-refractivity contribution >= 4 is 29.6 Å². The molecule has 0 fully saturated rings. The summed E-state index contributed by atoms with van der Waals surface area (Å²) >= 11 is 0. The Kier molecular flexibility index (Phi) is 17.3. The van der Waals surface area contributed by atoms with Gasteiger partial charge in [0, 0.05) is 5.39 Å². The molecule has 3 rings (SSSR count). The van der Waals surface area contributed by atoms with Gasteiger partial charge in [0.2, 0.25) is 0 Å². The standard InChI is InChI=1S/C40H63NP/c1-4-7-10-13-16-24-34-42(35-25-17-14-11-8-5-2,36-26-18-15-12-9-6-3)41(38-30-20-19-21-31-38)40-33-27-29-37-28-22-23-32-39(37)40/h19-23,27-33H,4-18,24-26,34-36H2,1-3H3/q+1. The second-order valence-corrected chi connectivity index (χ2v) is 16.6. The van der Waals surface area contributed by atoms with Crippen LogP contribution in [0.15, 0.2) is 72.8 Å². The Morgan fingerprint density at radius 2 is 0.857 bits per heavy atom. The fourth-order valence-electron chi connectivity index (χ4n) is 6.77. The van der Waals surface area contributed by atoms with Gasteiger partial charge in [-0.05, 0) is 62.1 Å². The van der Waals surface area contributed by atoms with Crippen molar-refractivity contribution in [1.29, 1.82) is 0 Å². The molecular weight excluding hydrogens is 525 g/mol. The van der Waals surface area contributed by atoms with Gasteiger partial charge in [0.1, 0.15) is 7.41 Å². The zero-order valence-corrected chi connectivity index (χ0v) is 28.6. The molecule has 0 amide bonds. The van der Waals surface area contributed by atoms with E-state index < -0.39 is 7.41 Å². The molecule has 0 unspecified atom stereocenters. The van der Waals surface area contributed by atoms with Crippen LogP contribution in [0.1, 0.15) is 136 Å². The molecule has 0 bridgehead atoms. The van der Waals surface area contributed by atoms with Gasteiger partial charge in [-0.3, -0.25) is 0 Å². The van der Waals surface area contributed by atoms with Crippen molar-refractivity contribution in [1.82, 2.24) is 0 Å². The van der Waals surface area contributed by atoms with Crippen molar-refractivity contribution in [3.05, 3.63) is 72.8 Å². The Morgan fingerprint density at radius 3 is 1.38 bits per heavy atom. The molecule has 0 aliphatic carbocycles. The Morgan fingerprint density at radius 1 is 0.429 bits per heavy atom. The van der Waals surface area contributed by atoms with Crippen LogP contribution >= 0.6 is 7.41 Å². The van der Waals surface area contributed by atoms with E-state index in [2.05, 4.69) is 98.2 Å². The zero-order chi connectivity index (χ0) is 29.7. The first-order valence-electron chi connectivity index (χ1n) is 17.9. The molecular formula is C40H63NP+. The monoisotopic (exact) mass is 588 g/mol. The predicted molar refractivity (Wildman–Crippen MR) is 194 cm³/mol. The fraction of sp³-hybridized carbons (Fsp3) is 0.600. The van der Waals surface area contributed by atoms with Gasteiger partial charge in [0.25, 0.3) is 0 Å². The smallest absolute Gasteiger partial charge is 0.111 e. The number of anilines is 2. The summed E-state index contributed by atoms with van der Waals surface area (Å²) in [5.74, 6) is 0. The van der Waals surface area contributed by atoms with Gasteiger partial charge in [-0.25, -0.2) is 4.67 Å². The lowest BCUT2D eigenvalue weighted by atomic mass is 10.1. The Hall–Kier alpha value is -1.85. The molecule has 3 aromatic rings. The van der Waals surface area contributed by atoms with E-state index in [1.165, 1.54) is 156 Å². The molecule has 0 aliphatic rings. The summed E-state index contributed by atoms with van der Waals surface area (Å²) in [6.45, 7) is 7.00. The fourth-order valence-corrected chi connectivity index (χ4v) is 11.7. The van der Waals surface area contributed by atoms with E-state index >= 15 is 0 Å². The summed E-state index contributed by atoms with van der Waals surface area (Å²) < 4.78 is 2.96. The van der Waals surface area contributed by atoms with Crippen LogP contribution in [0.4, 0.5) is 11.4 Å². The highest BCUT2D eigenvalue weighted by Crippen LogP contribution is 2.68. The maximum absolute atomic E-state index is 2.96. The Balaban J connectivity index is 2.00. The molecule has 3 aromatic carbocycles. The van der Waals surface area contributed by atoms with E-state index in [-0.39, 0.29) is 0 Å². The van der Waals surface area contributed by atoms with E-state index in [1.54, 1.807) is 0 Å². The van der Waals surface area contributed by atoms with Crippen molar-refractivity contribution < 1.29 is 0 Å². The third kappa shape index (κ3) is 11.3. The number of hydrogen-bond acceptors (Lipinski definition) is 1. The summed E-state index contributed by atoms with van der Waals surface area (Å²) in [4.78, 5) is 0.